The second-order valence-corrected chi connectivity index (χ2v) is 8.35. The molecule has 3 aromatic carbocycles. The number of nitrogens with one attached hydrogen (secondary N) is 2. The summed E-state index contributed by atoms with van der Waals surface area (Å²) in [5.74, 6) is 0.271. The molecule has 0 aliphatic carbocycles. The van der Waals surface area contributed by atoms with Gasteiger partial charge in [0.2, 0.25) is 0 Å². The maximum atomic E-state index is 12.6. The number of anilines is 1. The number of rotatable bonds is 5. The first kappa shape index (κ1) is 21.0. The van der Waals surface area contributed by atoms with Crippen molar-refractivity contribution in [1.29, 1.82) is 0 Å². The topological polar surface area (TPSA) is 67.4 Å². The van der Waals surface area contributed by atoms with Gasteiger partial charge < -0.3 is 15.4 Å². The molecule has 1 aliphatic heterocycles. The minimum absolute atomic E-state index is 0.218. The Morgan fingerprint density at radius 1 is 1.13 bits per heavy atom. The minimum atomic E-state index is -0.228. The summed E-state index contributed by atoms with van der Waals surface area (Å²) in [6.07, 6.45) is 1.79. The molecule has 2 amide bonds. The molecule has 0 unspecified atom stereocenters. The third-order valence-electron chi connectivity index (χ3n) is 4.71. The van der Waals surface area contributed by atoms with Crippen molar-refractivity contribution in [2.24, 2.45) is 0 Å². The average molecular weight is 451 g/mol. The fraction of sp³-hybridized carbons (Fsp3) is 0.0833. The normalized spacial score (nSPS) is 14.0. The van der Waals surface area contributed by atoms with E-state index in [4.69, 9.17) is 16.3 Å². The van der Waals surface area contributed by atoms with Crippen LogP contribution in [0.4, 0.5) is 5.69 Å². The molecule has 1 aliphatic rings. The van der Waals surface area contributed by atoms with Crippen molar-refractivity contribution in [3.05, 3.63) is 93.3 Å². The van der Waals surface area contributed by atoms with Crippen LogP contribution in [-0.2, 0) is 11.3 Å². The van der Waals surface area contributed by atoms with Crippen molar-refractivity contribution in [1.82, 2.24) is 5.32 Å². The molecule has 156 valence electrons. The van der Waals surface area contributed by atoms with Crippen molar-refractivity contribution in [2.75, 3.05) is 12.4 Å². The van der Waals surface area contributed by atoms with Crippen molar-refractivity contribution in [2.45, 2.75) is 11.4 Å². The molecule has 0 aromatic heterocycles. The molecule has 0 fully saturated rings. The van der Waals surface area contributed by atoms with E-state index in [1.807, 2.05) is 42.5 Å². The van der Waals surface area contributed by atoms with E-state index in [1.165, 1.54) is 11.8 Å². The van der Waals surface area contributed by atoms with Gasteiger partial charge in [-0.2, -0.15) is 0 Å². The monoisotopic (exact) mass is 450 g/mol. The van der Waals surface area contributed by atoms with Crippen LogP contribution < -0.4 is 15.4 Å². The summed E-state index contributed by atoms with van der Waals surface area (Å²) in [5, 5.41) is 6.37. The fourth-order valence-corrected chi connectivity index (χ4v) is 4.31. The van der Waals surface area contributed by atoms with Crippen LogP contribution in [0, 0.1) is 0 Å². The highest BCUT2D eigenvalue weighted by atomic mass is 35.5. The van der Waals surface area contributed by atoms with Gasteiger partial charge in [-0.25, -0.2) is 0 Å². The quantitative estimate of drug-likeness (QED) is 0.513. The predicted octanol–water partition coefficient (Wildman–Crippen LogP) is 5.36. The summed E-state index contributed by atoms with van der Waals surface area (Å²) in [7, 11) is 1.60. The third-order valence-corrected chi connectivity index (χ3v) is 6.05. The van der Waals surface area contributed by atoms with Crippen molar-refractivity contribution in [3.63, 3.8) is 0 Å². The lowest BCUT2D eigenvalue weighted by Gasteiger charge is -2.19. The van der Waals surface area contributed by atoms with E-state index in [2.05, 4.69) is 10.6 Å². The molecular formula is C24H19ClN2O3S. The van der Waals surface area contributed by atoms with Crippen LogP contribution in [0.1, 0.15) is 21.5 Å². The first-order valence-electron chi connectivity index (χ1n) is 9.54. The molecule has 4 rings (SSSR count). The SMILES string of the molecule is COc1ccccc1CNC(=O)c1ccc2c(c1)NC(=O)/C(=C\c1cccc(Cl)c1)S2. The van der Waals surface area contributed by atoms with Crippen molar-refractivity contribution >= 4 is 46.9 Å². The third kappa shape index (κ3) is 4.93. The van der Waals surface area contributed by atoms with E-state index < -0.39 is 0 Å². The summed E-state index contributed by atoms with van der Waals surface area (Å²) >= 11 is 7.39. The molecule has 0 saturated heterocycles. The molecule has 0 saturated carbocycles. The molecule has 5 nitrogen and oxygen atoms in total. The highest BCUT2D eigenvalue weighted by molar-refractivity contribution is 8.04. The Morgan fingerprint density at radius 2 is 1.97 bits per heavy atom. The second-order valence-electron chi connectivity index (χ2n) is 6.83. The molecule has 0 atom stereocenters. The molecule has 3 aromatic rings. The largest absolute Gasteiger partial charge is 0.496 e. The predicted molar refractivity (Wildman–Crippen MR) is 125 cm³/mol. The zero-order chi connectivity index (χ0) is 21.8. The molecule has 0 radical (unpaired) electrons. The van der Waals surface area contributed by atoms with Gasteiger partial charge in [0.15, 0.2) is 0 Å². The maximum absolute atomic E-state index is 12.6. The summed E-state index contributed by atoms with van der Waals surface area (Å²) in [6.45, 7) is 0.341. The minimum Gasteiger partial charge on any atom is -0.496 e. The van der Waals surface area contributed by atoms with Crippen LogP contribution in [-0.4, -0.2) is 18.9 Å². The Kier molecular flexibility index (Phi) is 6.30. The lowest BCUT2D eigenvalue weighted by atomic mass is 10.1. The van der Waals surface area contributed by atoms with Crippen LogP contribution in [0.15, 0.2) is 76.5 Å². The van der Waals surface area contributed by atoms with E-state index >= 15 is 0 Å². The van der Waals surface area contributed by atoms with Crippen molar-refractivity contribution < 1.29 is 14.3 Å². The van der Waals surface area contributed by atoms with Gasteiger partial charge in [-0.05, 0) is 48.0 Å². The number of hydrogen-bond donors (Lipinski definition) is 2. The smallest absolute Gasteiger partial charge is 0.262 e. The first-order valence-corrected chi connectivity index (χ1v) is 10.7. The lowest BCUT2D eigenvalue weighted by molar-refractivity contribution is -0.112. The van der Waals surface area contributed by atoms with Gasteiger partial charge in [-0.3, -0.25) is 9.59 Å². The highest BCUT2D eigenvalue weighted by Gasteiger charge is 2.22. The number of amides is 2. The number of methoxy groups -OCH3 is 1. The fourth-order valence-electron chi connectivity index (χ4n) is 3.18. The number of ether oxygens (including phenoxy) is 1. The standard InChI is InChI=1S/C24H19ClN2O3S/c1-30-20-8-3-2-6-17(20)14-26-23(28)16-9-10-21-19(13-16)27-24(29)22(31-21)12-15-5-4-7-18(25)11-15/h2-13H,14H2,1H3,(H,26,28)(H,27,29)/b22-12+. The Labute approximate surface area is 189 Å². The Bertz CT molecular complexity index is 1190. The second kappa shape index (κ2) is 9.29. The number of hydrogen-bond acceptors (Lipinski definition) is 4. The first-order chi connectivity index (χ1) is 15.0. The molecule has 1 heterocycles. The molecule has 0 bridgehead atoms. The number of benzene rings is 3. The van der Waals surface area contributed by atoms with Gasteiger partial charge in [-0.1, -0.05) is 53.7 Å². The maximum Gasteiger partial charge on any atom is 0.262 e. The van der Waals surface area contributed by atoms with E-state index in [0.717, 1.165) is 21.8 Å². The van der Waals surface area contributed by atoms with Gasteiger partial charge in [0, 0.05) is 27.6 Å². The number of fused-ring (bicyclic) bond motifs is 1. The van der Waals surface area contributed by atoms with Crippen LogP contribution in [0.25, 0.3) is 6.08 Å². The number of halogens is 1. The van der Waals surface area contributed by atoms with Gasteiger partial charge in [0.05, 0.1) is 17.7 Å². The van der Waals surface area contributed by atoms with E-state index in [1.54, 1.807) is 37.5 Å². The zero-order valence-corrected chi connectivity index (χ0v) is 18.2. The van der Waals surface area contributed by atoms with E-state index in [9.17, 15) is 9.59 Å². The van der Waals surface area contributed by atoms with Crippen molar-refractivity contribution in [3.8, 4) is 5.75 Å². The van der Waals surface area contributed by atoms with Crippen LogP contribution in [0.3, 0.4) is 0 Å². The Hall–Kier alpha value is -3.22. The summed E-state index contributed by atoms with van der Waals surface area (Å²) < 4.78 is 5.31. The zero-order valence-electron chi connectivity index (χ0n) is 16.6. The summed E-state index contributed by atoms with van der Waals surface area (Å²) in [4.78, 5) is 26.6. The van der Waals surface area contributed by atoms with E-state index in [-0.39, 0.29) is 11.8 Å². The molecule has 7 heteroatoms. The summed E-state index contributed by atoms with van der Waals surface area (Å²) in [5.41, 5.74) is 2.82. The Balaban J connectivity index is 1.49. The number of carbonyl (C=O) groups is 2. The van der Waals surface area contributed by atoms with Gasteiger partial charge in [0.25, 0.3) is 11.8 Å². The molecule has 2 N–H and O–H groups in total. The average Bonchev–Trinajstić information content (AvgIpc) is 2.78. The number of thioether (sulfide) groups is 1. The highest BCUT2D eigenvalue weighted by Crippen LogP contribution is 2.39. The van der Waals surface area contributed by atoms with Crippen LogP contribution in [0.2, 0.25) is 5.02 Å². The van der Waals surface area contributed by atoms with Gasteiger partial charge >= 0.3 is 0 Å². The summed E-state index contributed by atoms with van der Waals surface area (Å²) in [6, 6.07) is 20.1. The van der Waals surface area contributed by atoms with Gasteiger partial charge in [-0.15, -0.1) is 0 Å². The van der Waals surface area contributed by atoms with E-state index in [0.29, 0.717) is 27.7 Å². The van der Waals surface area contributed by atoms with Crippen LogP contribution >= 0.6 is 23.4 Å². The molecule has 31 heavy (non-hydrogen) atoms. The lowest BCUT2D eigenvalue weighted by Crippen LogP contribution is -2.24. The molecule has 0 spiro atoms. The van der Waals surface area contributed by atoms with Crippen LogP contribution in [0.5, 0.6) is 5.75 Å². The Morgan fingerprint density at radius 3 is 2.77 bits per heavy atom. The molecular weight excluding hydrogens is 432 g/mol. The van der Waals surface area contributed by atoms with Gasteiger partial charge in [0.1, 0.15) is 5.75 Å². The number of carbonyl (C=O) groups excluding carboxylic acids is 2. The number of para-hydroxylation sites is 1.